The average Bonchev–Trinajstić information content (AvgIpc) is 3.01. The maximum absolute atomic E-state index is 13.7. The topological polar surface area (TPSA) is 82.5 Å². The van der Waals surface area contributed by atoms with Gasteiger partial charge in [-0.1, -0.05) is 11.6 Å². The van der Waals surface area contributed by atoms with Crippen LogP contribution in [0.2, 0.25) is 5.02 Å². The molecule has 1 fully saturated rings. The number of imidazole rings is 1. The zero-order chi connectivity index (χ0) is 22.8. The highest BCUT2D eigenvalue weighted by molar-refractivity contribution is 6.30. The van der Waals surface area contributed by atoms with E-state index in [1.807, 2.05) is 6.07 Å². The van der Waals surface area contributed by atoms with Crippen molar-refractivity contribution in [2.45, 2.75) is 31.8 Å². The van der Waals surface area contributed by atoms with Gasteiger partial charge in [0.25, 0.3) is 0 Å². The zero-order valence-corrected chi connectivity index (χ0v) is 18.6. The third-order valence-electron chi connectivity index (χ3n) is 5.90. The number of nitrogen functional groups attached to an aromatic ring is 1. The third-order valence-corrected chi connectivity index (χ3v) is 6.12. The largest absolute Gasteiger partial charge is 0.399 e. The monoisotopic (exact) mass is 460 g/mol. The minimum absolute atomic E-state index is 0.0572. The van der Waals surface area contributed by atoms with E-state index in [1.165, 1.54) is 12.1 Å². The molecule has 1 aromatic heterocycles. The summed E-state index contributed by atoms with van der Waals surface area (Å²) >= 11 is 5.92. The molecule has 2 heterocycles. The molecular formula is C23H26ClFN4O3. The van der Waals surface area contributed by atoms with Crippen molar-refractivity contribution >= 4 is 34.2 Å². The van der Waals surface area contributed by atoms with Crippen molar-refractivity contribution in [3.05, 3.63) is 63.3 Å². The Bertz CT molecular complexity index is 1190. The molecule has 32 heavy (non-hydrogen) atoms. The minimum Gasteiger partial charge on any atom is -0.399 e. The molecule has 0 aliphatic carbocycles. The first-order valence-electron chi connectivity index (χ1n) is 10.6. The van der Waals surface area contributed by atoms with E-state index in [2.05, 4.69) is 0 Å². The standard InChI is InChI=1S/C23H26ClFN4O3/c1-32-8-7-28-20-5-4-18(26)13-21(20)29(23(28)31)19-3-2-6-27(14-19)22(30)11-15-9-16(24)12-17(25)10-15/h4-5,9-10,12-13,19H,2-3,6-8,11,14,26H2,1H3/t19-/m0/s1. The fourth-order valence-corrected chi connectivity index (χ4v) is 4.69. The summed E-state index contributed by atoms with van der Waals surface area (Å²) in [6.45, 7) is 1.84. The van der Waals surface area contributed by atoms with Crippen LogP contribution in [0.25, 0.3) is 11.0 Å². The van der Waals surface area contributed by atoms with Crippen LogP contribution in [0.3, 0.4) is 0 Å². The van der Waals surface area contributed by atoms with E-state index in [4.69, 9.17) is 22.1 Å². The third kappa shape index (κ3) is 4.52. The second-order valence-electron chi connectivity index (χ2n) is 8.14. The van der Waals surface area contributed by atoms with Crippen molar-refractivity contribution in [1.29, 1.82) is 0 Å². The lowest BCUT2D eigenvalue weighted by Gasteiger charge is -2.33. The van der Waals surface area contributed by atoms with Gasteiger partial charge >= 0.3 is 5.69 Å². The summed E-state index contributed by atoms with van der Waals surface area (Å²) in [6.07, 6.45) is 1.59. The maximum Gasteiger partial charge on any atom is 0.329 e. The number of hydrogen-bond acceptors (Lipinski definition) is 4. The number of methoxy groups -OCH3 is 1. The molecule has 1 aliphatic rings. The molecular weight excluding hydrogens is 435 g/mol. The SMILES string of the molecule is COCCn1c(=O)n([C@H]2CCCN(C(=O)Cc3cc(F)cc(Cl)c3)C2)c2cc(N)ccc21. The summed E-state index contributed by atoms with van der Waals surface area (Å²) in [5, 5.41) is 0.261. The Hall–Kier alpha value is -2.84. The Morgan fingerprint density at radius 3 is 2.81 bits per heavy atom. The minimum atomic E-state index is -0.468. The van der Waals surface area contributed by atoms with Crippen LogP contribution in [0.15, 0.2) is 41.2 Å². The summed E-state index contributed by atoms with van der Waals surface area (Å²) in [5.74, 6) is -0.586. The maximum atomic E-state index is 13.7. The second-order valence-corrected chi connectivity index (χ2v) is 8.57. The van der Waals surface area contributed by atoms with E-state index in [-0.39, 0.29) is 29.1 Å². The lowest BCUT2D eigenvalue weighted by Crippen LogP contribution is -2.43. The number of halogens is 2. The predicted molar refractivity (Wildman–Crippen MR) is 122 cm³/mol. The molecule has 170 valence electrons. The molecule has 0 bridgehead atoms. The molecule has 1 aliphatic heterocycles. The van der Waals surface area contributed by atoms with E-state index in [9.17, 15) is 14.0 Å². The highest BCUT2D eigenvalue weighted by Gasteiger charge is 2.28. The number of fused-ring (bicyclic) bond motifs is 1. The lowest BCUT2D eigenvalue weighted by molar-refractivity contribution is -0.132. The Kier molecular flexibility index (Phi) is 6.53. The number of benzene rings is 2. The van der Waals surface area contributed by atoms with E-state index >= 15 is 0 Å². The molecule has 0 spiro atoms. The lowest BCUT2D eigenvalue weighted by atomic mass is 10.0. The number of likely N-dealkylation sites (tertiary alicyclic amines) is 1. The van der Waals surface area contributed by atoms with Crippen molar-refractivity contribution in [1.82, 2.24) is 14.0 Å². The molecule has 9 heteroatoms. The van der Waals surface area contributed by atoms with Crippen molar-refractivity contribution in [3.8, 4) is 0 Å². The van der Waals surface area contributed by atoms with Gasteiger partial charge in [-0.15, -0.1) is 0 Å². The van der Waals surface area contributed by atoms with Gasteiger partial charge < -0.3 is 15.4 Å². The normalized spacial score (nSPS) is 16.6. The summed E-state index contributed by atoms with van der Waals surface area (Å²) in [6, 6.07) is 9.38. The van der Waals surface area contributed by atoms with Gasteiger partial charge in [0.05, 0.1) is 36.6 Å². The van der Waals surface area contributed by atoms with Crippen LogP contribution < -0.4 is 11.4 Å². The first kappa shape index (κ1) is 22.4. The fourth-order valence-electron chi connectivity index (χ4n) is 4.44. The number of rotatable bonds is 6. The molecule has 0 saturated carbocycles. The Balaban J connectivity index is 1.61. The van der Waals surface area contributed by atoms with Gasteiger partial charge in [-0.25, -0.2) is 9.18 Å². The first-order chi connectivity index (χ1) is 15.4. The zero-order valence-electron chi connectivity index (χ0n) is 17.9. The summed E-state index contributed by atoms with van der Waals surface area (Å²) in [7, 11) is 1.60. The Morgan fingerprint density at radius 2 is 2.06 bits per heavy atom. The molecule has 7 nitrogen and oxygen atoms in total. The van der Waals surface area contributed by atoms with Gasteiger partial charge in [0.1, 0.15) is 5.82 Å². The smallest absolute Gasteiger partial charge is 0.329 e. The first-order valence-corrected chi connectivity index (χ1v) is 11.0. The van der Waals surface area contributed by atoms with Crippen molar-refractivity contribution in [2.75, 3.05) is 32.5 Å². The highest BCUT2D eigenvalue weighted by Crippen LogP contribution is 2.27. The van der Waals surface area contributed by atoms with Crippen molar-refractivity contribution in [3.63, 3.8) is 0 Å². The number of ether oxygens (including phenoxy) is 1. The van der Waals surface area contributed by atoms with Crippen molar-refractivity contribution in [2.24, 2.45) is 0 Å². The number of piperidine rings is 1. The molecule has 0 radical (unpaired) electrons. The van der Waals surface area contributed by atoms with Gasteiger partial charge in [0.15, 0.2) is 0 Å². The molecule has 4 rings (SSSR count). The van der Waals surface area contributed by atoms with Crippen LogP contribution in [0.4, 0.5) is 10.1 Å². The number of amides is 1. The Labute approximate surface area is 190 Å². The van der Waals surface area contributed by atoms with Gasteiger partial charge in [-0.3, -0.25) is 13.9 Å². The van der Waals surface area contributed by atoms with Gasteiger partial charge in [0.2, 0.25) is 5.91 Å². The van der Waals surface area contributed by atoms with Crippen LogP contribution in [0.5, 0.6) is 0 Å². The van der Waals surface area contributed by atoms with E-state index in [1.54, 1.807) is 39.3 Å². The van der Waals surface area contributed by atoms with Crippen molar-refractivity contribution < 1.29 is 13.9 Å². The summed E-state index contributed by atoms with van der Waals surface area (Å²) in [5.41, 5.74) is 8.52. The van der Waals surface area contributed by atoms with Crippen LogP contribution >= 0.6 is 11.6 Å². The number of nitrogens with two attached hydrogens (primary N) is 1. The highest BCUT2D eigenvalue weighted by atomic mass is 35.5. The molecule has 2 aromatic carbocycles. The molecule has 1 atom stereocenters. The van der Waals surface area contributed by atoms with Crippen LogP contribution in [-0.4, -0.2) is 46.7 Å². The summed E-state index contributed by atoms with van der Waals surface area (Å²) in [4.78, 5) is 28.0. The number of nitrogens with zero attached hydrogens (tertiary/aromatic N) is 3. The number of carbonyl (C=O) groups excluding carboxylic acids is 1. The van der Waals surface area contributed by atoms with E-state index < -0.39 is 5.82 Å². The second kappa shape index (κ2) is 9.34. The molecule has 0 unspecified atom stereocenters. The molecule has 1 saturated heterocycles. The molecule has 1 amide bonds. The van der Waals surface area contributed by atoms with Gasteiger partial charge in [-0.05, 0) is 54.8 Å². The molecule has 2 N–H and O–H groups in total. The average molecular weight is 461 g/mol. The van der Waals surface area contributed by atoms with Gasteiger partial charge in [0, 0.05) is 30.9 Å². The molecule has 3 aromatic rings. The van der Waals surface area contributed by atoms with Gasteiger partial charge in [-0.2, -0.15) is 0 Å². The number of hydrogen-bond donors (Lipinski definition) is 1. The van der Waals surface area contributed by atoms with Crippen LogP contribution in [0.1, 0.15) is 24.4 Å². The quantitative estimate of drug-likeness (QED) is 0.572. The van der Waals surface area contributed by atoms with Crippen LogP contribution in [0, 0.1) is 5.82 Å². The fraction of sp³-hybridized carbons (Fsp3) is 0.391. The number of aromatic nitrogens is 2. The van der Waals surface area contributed by atoms with Crippen LogP contribution in [-0.2, 0) is 22.5 Å². The summed E-state index contributed by atoms with van der Waals surface area (Å²) < 4.78 is 22.3. The Morgan fingerprint density at radius 1 is 1.25 bits per heavy atom. The predicted octanol–water partition coefficient (Wildman–Crippen LogP) is 3.23. The number of carbonyl (C=O) groups is 1. The van der Waals surface area contributed by atoms with E-state index in [0.29, 0.717) is 37.5 Å². The van der Waals surface area contributed by atoms with E-state index in [0.717, 1.165) is 23.9 Å². The number of anilines is 1.